The van der Waals surface area contributed by atoms with Gasteiger partial charge in [0.2, 0.25) is 0 Å². The Bertz CT molecular complexity index is 700. The normalized spacial score (nSPS) is 16.9. The first-order chi connectivity index (χ1) is 11.6. The second-order valence-electron chi connectivity index (χ2n) is 6.77. The maximum absolute atomic E-state index is 10.8. The van der Waals surface area contributed by atoms with Gasteiger partial charge in [-0.15, -0.1) is 0 Å². The Labute approximate surface area is 144 Å². The van der Waals surface area contributed by atoms with E-state index < -0.39 is 0 Å². The minimum Gasteiger partial charge on any atom is -0.369 e. The highest BCUT2D eigenvalue weighted by Crippen LogP contribution is 2.26. The molecule has 1 atom stereocenters. The number of hydrogen-bond acceptors (Lipinski definition) is 3. The summed E-state index contributed by atoms with van der Waals surface area (Å²) in [6.45, 7) is 10.8. The molecular formula is C21H26N2O. The summed E-state index contributed by atoms with van der Waals surface area (Å²) in [5.74, 6) is 0. The number of carbonyl (C=O) groups is 1. The van der Waals surface area contributed by atoms with Gasteiger partial charge in [-0.05, 0) is 56.2 Å². The van der Waals surface area contributed by atoms with Crippen molar-refractivity contribution < 1.29 is 4.79 Å². The Kier molecular flexibility index (Phi) is 5.00. The number of anilines is 1. The van der Waals surface area contributed by atoms with Crippen LogP contribution in [-0.2, 0) is 0 Å². The van der Waals surface area contributed by atoms with Crippen molar-refractivity contribution in [3.63, 3.8) is 0 Å². The van der Waals surface area contributed by atoms with Crippen molar-refractivity contribution in [2.45, 2.75) is 26.8 Å². The van der Waals surface area contributed by atoms with Crippen LogP contribution in [0.1, 0.15) is 40.0 Å². The number of aryl methyl sites for hydroxylation is 2. The van der Waals surface area contributed by atoms with Crippen molar-refractivity contribution in [3.05, 3.63) is 64.7 Å². The van der Waals surface area contributed by atoms with Crippen LogP contribution in [0.25, 0.3) is 0 Å². The average Bonchev–Trinajstić information content (AvgIpc) is 2.61. The van der Waals surface area contributed by atoms with E-state index in [-0.39, 0.29) is 0 Å². The molecule has 0 N–H and O–H groups in total. The number of rotatable bonds is 4. The molecule has 1 fully saturated rings. The highest BCUT2D eigenvalue weighted by Gasteiger charge is 2.23. The minimum atomic E-state index is 0.449. The summed E-state index contributed by atoms with van der Waals surface area (Å²) in [5.41, 5.74) is 6.09. The summed E-state index contributed by atoms with van der Waals surface area (Å²) >= 11 is 0. The molecule has 0 aliphatic carbocycles. The van der Waals surface area contributed by atoms with Crippen LogP contribution in [0.2, 0.25) is 0 Å². The highest BCUT2D eigenvalue weighted by atomic mass is 16.1. The van der Waals surface area contributed by atoms with E-state index in [1.54, 1.807) is 0 Å². The zero-order chi connectivity index (χ0) is 17.1. The Balaban J connectivity index is 1.64. The van der Waals surface area contributed by atoms with Crippen LogP contribution < -0.4 is 4.90 Å². The fourth-order valence-electron chi connectivity index (χ4n) is 3.62. The summed E-state index contributed by atoms with van der Waals surface area (Å²) in [7, 11) is 0. The van der Waals surface area contributed by atoms with Gasteiger partial charge in [-0.1, -0.05) is 23.8 Å². The van der Waals surface area contributed by atoms with Gasteiger partial charge in [0.15, 0.2) is 0 Å². The number of nitrogens with zero attached hydrogens (tertiary/aromatic N) is 2. The van der Waals surface area contributed by atoms with Crippen molar-refractivity contribution in [2.75, 3.05) is 31.1 Å². The van der Waals surface area contributed by atoms with Crippen LogP contribution in [0.4, 0.5) is 5.69 Å². The highest BCUT2D eigenvalue weighted by molar-refractivity contribution is 5.75. The number of aldehydes is 1. The Morgan fingerprint density at radius 1 is 0.958 bits per heavy atom. The van der Waals surface area contributed by atoms with Gasteiger partial charge in [0.1, 0.15) is 6.29 Å². The van der Waals surface area contributed by atoms with Crippen LogP contribution in [-0.4, -0.2) is 37.4 Å². The lowest BCUT2D eigenvalue weighted by molar-refractivity contribution is 0.112. The molecule has 0 aromatic heterocycles. The van der Waals surface area contributed by atoms with Gasteiger partial charge >= 0.3 is 0 Å². The zero-order valence-electron chi connectivity index (χ0n) is 14.8. The predicted molar refractivity (Wildman–Crippen MR) is 99.9 cm³/mol. The molecule has 0 radical (unpaired) electrons. The van der Waals surface area contributed by atoms with Crippen molar-refractivity contribution >= 4 is 12.0 Å². The second-order valence-corrected chi connectivity index (χ2v) is 6.77. The molecule has 126 valence electrons. The first-order valence-electron chi connectivity index (χ1n) is 8.70. The molecule has 3 nitrogen and oxygen atoms in total. The molecule has 24 heavy (non-hydrogen) atoms. The van der Waals surface area contributed by atoms with Crippen molar-refractivity contribution in [3.8, 4) is 0 Å². The number of benzene rings is 2. The molecule has 1 saturated heterocycles. The van der Waals surface area contributed by atoms with E-state index in [9.17, 15) is 4.79 Å². The predicted octanol–water partition coefficient (Wildman–Crippen LogP) is 4.00. The molecule has 0 bridgehead atoms. The fraction of sp³-hybridized carbons (Fsp3) is 0.381. The Hall–Kier alpha value is -2.13. The van der Waals surface area contributed by atoms with E-state index in [0.717, 1.165) is 38.0 Å². The molecule has 0 saturated carbocycles. The molecule has 1 aliphatic rings. The third-order valence-electron chi connectivity index (χ3n) is 5.13. The van der Waals surface area contributed by atoms with E-state index in [1.165, 1.54) is 22.4 Å². The molecule has 1 aliphatic heterocycles. The lowest BCUT2D eigenvalue weighted by atomic mass is 9.98. The molecule has 3 rings (SSSR count). The standard InChI is InChI=1S/C21H26N2O/c1-16-4-9-21(17(2)14-16)18(3)22-10-12-23(13-11-22)20-7-5-19(15-24)6-8-20/h4-9,14-15,18H,10-13H2,1-3H3/t18-/m0/s1. The van der Waals surface area contributed by atoms with Crippen LogP contribution in [0, 0.1) is 13.8 Å². The molecule has 3 heteroatoms. The maximum Gasteiger partial charge on any atom is 0.150 e. The summed E-state index contributed by atoms with van der Waals surface area (Å²) in [4.78, 5) is 15.7. The van der Waals surface area contributed by atoms with Gasteiger partial charge < -0.3 is 4.90 Å². The van der Waals surface area contributed by atoms with Crippen molar-refractivity contribution in [2.24, 2.45) is 0 Å². The van der Waals surface area contributed by atoms with Gasteiger partial charge in [-0.3, -0.25) is 9.69 Å². The van der Waals surface area contributed by atoms with Crippen LogP contribution >= 0.6 is 0 Å². The zero-order valence-corrected chi connectivity index (χ0v) is 14.8. The van der Waals surface area contributed by atoms with Gasteiger partial charge in [-0.25, -0.2) is 0 Å². The first-order valence-corrected chi connectivity index (χ1v) is 8.70. The second kappa shape index (κ2) is 7.18. The number of hydrogen-bond donors (Lipinski definition) is 0. The van der Waals surface area contributed by atoms with Crippen LogP contribution in [0.15, 0.2) is 42.5 Å². The van der Waals surface area contributed by atoms with E-state index in [1.807, 2.05) is 24.3 Å². The molecule has 2 aromatic rings. The lowest BCUT2D eigenvalue weighted by Gasteiger charge is -2.39. The van der Waals surface area contributed by atoms with Gasteiger partial charge in [0.25, 0.3) is 0 Å². The van der Waals surface area contributed by atoms with Crippen LogP contribution in [0.5, 0.6) is 0 Å². The average molecular weight is 322 g/mol. The third kappa shape index (κ3) is 3.51. The summed E-state index contributed by atoms with van der Waals surface area (Å²) in [6, 6.07) is 15.1. The van der Waals surface area contributed by atoms with E-state index in [4.69, 9.17) is 0 Å². The largest absolute Gasteiger partial charge is 0.369 e. The maximum atomic E-state index is 10.8. The molecule has 1 heterocycles. The van der Waals surface area contributed by atoms with Gasteiger partial charge in [0, 0.05) is 43.5 Å². The lowest BCUT2D eigenvalue weighted by Crippen LogP contribution is -2.47. The summed E-state index contributed by atoms with van der Waals surface area (Å²) in [5, 5.41) is 0. The van der Waals surface area contributed by atoms with E-state index in [2.05, 4.69) is 48.8 Å². The molecular weight excluding hydrogens is 296 g/mol. The Morgan fingerprint density at radius 3 is 2.21 bits per heavy atom. The quantitative estimate of drug-likeness (QED) is 0.795. The van der Waals surface area contributed by atoms with Crippen molar-refractivity contribution in [1.29, 1.82) is 0 Å². The number of carbonyl (C=O) groups excluding carboxylic acids is 1. The number of piperazine rings is 1. The molecule has 0 spiro atoms. The topological polar surface area (TPSA) is 23.6 Å². The van der Waals surface area contributed by atoms with Crippen LogP contribution in [0.3, 0.4) is 0 Å². The summed E-state index contributed by atoms with van der Waals surface area (Å²) in [6.07, 6.45) is 0.896. The first kappa shape index (κ1) is 16.7. The van der Waals surface area contributed by atoms with Gasteiger partial charge in [-0.2, -0.15) is 0 Å². The monoisotopic (exact) mass is 322 g/mol. The van der Waals surface area contributed by atoms with E-state index >= 15 is 0 Å². The van der Waals surface area contributed by atoms with Crippen molar-refractivity contribution in [1.82, 2.24) is 4.90 Å². The fourth-order valence-corrected chi connectivity index (χ4v) is 3.62. The Morgan fingerprint density at radius 2 is 1.62 bits per heavy atom. The molecule has 0 unspecified atom stereocenters. The van der Waals surface area contributed by atoms with E-state index in [0.29, 0.717) is 6.04 Å². The van der Waals surface area contributed by atoms with Gasteiger partial charge in [0.05, 0.1) is 0 Å². The smallest absolute Gasteiger partial charge is 0.150 e. The minimum absolute atomic E-state index is 0.449. The SMILES string of the molecule is Cc1ccc([C@H](C)N2CCN(c3ccc(C=O)cc3)CC2)c(C)c1. The summed E-state index contributed by atoms with van der Waals surface area (Å²) < 4.78 is 0. The molecule has 0 amide bonds. The molecule has 2 aromatic carbocycles. The third-order valence-corrected chi connectivity index (χ3v) is 5.13.